The second-order valence-corrected chi connectivity index (χ2v) is 5.41. The predicted octanol–water partition coefficient (Wildman–Crippen LogP) is 2.38. The standard InChI is InChI=1S/C16H21N3O2/c1-12(2)11-21-14-6-4-13(5-7-14)10-17-16(20)15-8-9-19(3)18-15/h4-9,12H,10-11H2,1-3H3,(H,17,20). The predicted molar refractivity (Wildman–Crippen MR) is 81.2 cm³/mol. The van der Waals surface area contributed by atoms with E-state index >= 15 is 0 Å². The lowest BCUT2D eigenvalue weighted by atomic mass is 10.2. The summed E-state index contributed by atoms with van der Waals surface area (Å²) in [6.45, 7) is 5.40. The first-order valence-corrected chi connectivity index (χ1v) is 7.04. The molecule has 0 bridgehead atoms. The second kappa shape index (κ2) is 6.92. The Kier molecular flexibility index (Phi) is 4.98. The van der Waals surface area contributed by atoms with Crippen LogP contribution in [0.25, 0.3) is 0 Å². The Hall–Kier alpha value is -2.30. The van der Waals surface area contributed by atoms with Crippen LogP contribution in [-0.4, -0.2) is 22.3 Å². The van der Waals surface area contributed by atoms with Gasteiger partial charge < -0.3 is 10.1 Å². The van der Waals surface area contributed by atoms with Gasteiger partial charge in [0, 0.05) is 19.8 Å². The van der Waals surface area contributed by atoms with Gasteiger partial charge >= 0.3 is 0 Å². The van der Waals surface area contributed by atoms with E-state index in [-0.39, 0.29) is 5.91 Å². The van der Waals surface area contributed by atoms with Gasteiger partial charge in [0.1, 0.15) is 11.4 Å². The number of carbonyl (C=O) groups is 1. The minimum atomic E-state index is -0.171. The van der Waals surface area contributed by atoms with Gasteiger partial charge in [-0.25, -0.2) is 0 Å². The molecule has 21 heavy (non-hydrogen) atoms. The van der Waals surface area contributed by atoms with Gasteiger partial charge in [0.05, 0.1) is 6.61 Å². The quantitative estimate of drug-likeness (QED) is 0.887. The first kappa shape index (κ1) is 15.1. The molecule has 1 amide bonds. The van der Waals surface area contributed by atoms with Crippen LogP contribution in [0.15, 0.2) is 36.5 Å². The lowest BCUT2D eigenvalue weighted by molar-refractivity contribution is 0.0945. The molecular weight excluding hydrogens is 266 g/mol. The first-order chi connectivity index (χ1) is 10.0. The average molecular weight is 287 g/mol. The molecule has 2 rings (SSSR count). The fourth-order valence-corrected chi connectivity index (χ4v) is 1.78. The first-order valence-electron chi connectivity index (χ1n) is 7.04. The van der Waals surface area contributed by atoms with E-state index in [1.165, 1.54) is 0 Å². The zero-order valence-corrected chi connectivity index (χ0v) is 12.7. The molecule has 0 saturated heterocycles. The minimum Gasteiger partial charge on any atom is -0.493 e. The number of aromatic nitrogens is 2. The molecule has 0 aliphatic carbocycles. The van der Waals surface area contributed by atoms with Crippen molar-refractivity contribution in [2.75, 3.05) is 6.61 Å². The number of hydrogen-bond donors (Lipinski definition) is 1. The second-order valence-electron chi connectivity index (χ2n) is 5.41. The molecule has 1 aromatic carbocycles. The zero-order valence-electron chi connectivity index (χ0n) is 12.7. The maximum atomic E-state index is 11.9. The Morgan fingerprint density at radius 1 is 1.29 bits per heavy atom. The van der Waals surface area contributed by atoms with Gasteiger partial charge in [-0.1, -0.05) is 26.0 Å². The third kappa shape index (κ3) is 4.63. The van der Waals surface area contributed by atoms with Crippen LogP contribution in [0.5, 0.6) is 5.75 Å². The summed E-state index contributed by atoms with van der Waals surface area (Å²) < 4.78 is 7.23. The molecule has 0 aliphatic rings. The van der Waals surface area contributed by atoms with Crippen molar-refractivity contribution in [2.24, 2.45) is 13.0 Å². The third-order valence-corrected chi connectivity index (χ3v) is 2.91. The Morgan fingerprint density at radius 2 is 2.00 bits per heavy atom. The summed E-state index contributed by atoms with van der Waals surface area (Å²) in [5.41, 5.74) is 1.45. The van der Waals surface area contributed by atoms with E-state index in [2.05, 4.69) is 24.3 Å². The van der Waals surface area contributed by atoms with Gasteiger partial charge in [0.25, 0.3) is 5.91 Å². The van der Waals surface area contributed by atoms with Gasteiger partial charge in [-0.3, -0.25) is 9.48 Å². The molecule has 0 unspecified atom stereocenters. The van der Waals surface area contributed by atoms with Crippen LogP contribution in [0.3, 0.4) is 0 Å². The Morgan fingerprint density at radius 3 is 2.57 bits per heavy atom. The van der Waals surface area contributed by atoms with Crippen LogP contribution in [0, 0.1) is 5.92 Å². The number of benzene rings is 1. The summed E-state index contributed by atoms with van der Waals surface area (Å²) in [7, 11) is 1.78. The molecule has 1 aromatic heterocycles. The molecule has 2 aromatic rings. The molecule has 5 nitrogen and oxygen atoms in total. The largest absolute Gasteiger partial charge is 0.493 e. The topological polar surface area (TPSA) is 56.1 Å². The van der Waals surface area contributed by atoms with Crippen LogP contribution in [0.1, 0.15) is 29.9 Å². The van der Waals surface area contributed by atoms with Crippen molar-refractivity contribution in [3.8, 4) is 5.75 Å². The van der Waals surface area contributed by atoms with Crippen LogP contribution < -0.4 is 10.1 Å². The van der Waals surface area contributed by atoms with Crippen molar-refractivity contribution in [1.29, 1.82) is 0 Å². The number of ether oxygens (including phenoxy) is 1. The van der Waals surface area contributed by atoms with Gasteiger partial charge in [0.2, 0.25) is 0 Å². The smallest absolute Gasteiger partial charge is 0.272 e. The molecule has 0 aliphatic heterocycles. The molecular formula is C16H21N3O2. The molecule has 5 heteroatoms. The summed E-state index contributed by atoms with van der Waals surface area (Å²) in [6.07, 6.45) is 1.75. The highest BCUT2D eigenvalue weighted by atomic mass is 16.5. The van der Waals surface area contributed by atoms with Crippen LogP contribution in [0.4, 0.5) is 0 Å². The lowest BCUT2D eigenvalue weighted by Crippen LogP contribution is -2.23. The van der Waals surface area contributed by atoms with Gasteiger partial charge in [0.15, 0.2) is 0 Å². The van der Waals surface area contributed by atoms with Crippen molar-refractivity contribution in [3.63, 3.8) is 0 Å². The SMILES string of the molecule is CC(C)COc1ccc(CNC(=O)c2ccn(C)n2)cc1. The van der Waals surface area contributed by atoms with E-state index in [0.29, 0.717) is 24.8 Å². The van der Waals surface area contributed by atoms with E-state index in [1.54, 1.807) is 24.0 Å². The molecule has 1 heterocycles. The zero-order chi connectivity index (χ0) is 15.2. The van der Waals surface area contributed by atoms with E-state index in [1.807, 2.05) is 24.3 Å². The monoisotopic (exact) mass is 287 g/mol. The molecule has 1 N–H and O–H groups in total. The summed E-state index contributed by atoms with van der Waals surface area (Å²) in [5, 5.41) is 6.91. The van der Waals surface area contributed by atoms with Crippen molar-refractivity contribution < 1.29 is 9.53 Å². The van der Waals surface area contributed by atoms with Gasteiger partial charge in [-0.15, -0.1) is 0 Å². The molecule has 0 radical (unpaired) electrons. The maximum Gasteiger partial charge on any atom is 0.272 e. The van der Waals surface area contributed by atoms with E-state index < -0.39 is 0 Å². The minimum absolute atomic E-state index is 0.171. The average Bonchev–Trinajstić information content (AvgIpc) is 2.90. The summed E-state index contributed by atoms with van der Waals surface area (Å²) in [6, 6.07) is 9.44. The normalized spacial score (nSPS) is 10.7. The van der Waals surface area contributed by atoms with E-state index in [9.17, 15) is 4.79 Å². The summed E-state index contributed by atoms with van der Waals surface area (Å²) in [5.74, 6) is 1.18. The molecule has 0 spiro atoms. The third-order valence-electron chi connectivity index (χ3n) is 2.91. The number of aryl methyl sites for hydroxylation is 1. The summed E-state index contributed by atoms with van der Waals surface area (Å²) >= 11 is 0. The van der Waals surface area contributed by atoms with Crippen LogP contribution >= 0.6 is 0 Å². The van der Waals surface area contributed by atoms with Gasteiger partial charge in [-0.05, 0) is 29.7 Å². The molecule has 0 fully saturated rings. The Bertz CT molecular complexity index is 588. The van der Waals surface area contributed by atoms with Crippen molar-refractivity contribution in [3.05, 3.63) is 47.8 Å². The summed E-state index contributed by atoms with van der Waals surface area (Å²) in [4.78, 5) is 11.9. The number of hydrogen-bond acceptors (Lipinski definition) is 3. The lowest BCUT2D eigenvalue weighted by Gasteiger charge is -2.09. The fourth-order valence-electron chi connectivity index (χ4n) is 1.78. The van der Waals surface area contributed by atoms with Crippen molar-refractivity contribution in [2.45, 2.75) is 20.4 Å². The number of amides is 1. The van der Waals surface area contributed by atoms with Crippen LogP contribution in [-0.2, 0) is 13.6 Å². The fraction of sp³-hybridized carbons (Fsp3) is 0.375. The van der Waals surface area contributed by atoms with Crippen molar-refractivity contribution >= 4 is 5.91 Å². The van der Waals surface area contributed by atoms with E-state index in [0.717, 1.165) is 11.3 Å². The Balaban J connectivity index is 1.84. The highest BCUT2D eigenvalue weighted by molar-refractivity contribution is 5.92. The number of nitrogens with one attached hydrogen (secondary N) is 1. The number of nitrogens with zero attached hydrogens (tertiary/aromatic N) is 2. The van der Waals surface area contributed by atoms with Gasteiger partial charge in [-0.2, -0.15) is 5.10 Å². The molecule has 0 saturated carbocycles. The van der Waals surface area contributed by atoms with Crippen LogP contribution in [0.2, 0.25) is 0 Å². The van der Waals surface area contributed by atoms with E-state index in [4.69, 9.17) is 4.74 Å². The highest BCUT2D eigenvalue weighted by Crippen LogP contribution is 2.13. The molecule has 112 valence electrons. The maximum absolute atomic E-state index is 11.9. The highest BCUT2D eigenvalue weighted by Gasteiger charge is 2.08. The number of carbonyl (C=O) groups excluding carboxylic acids is 1. The van der Waals surface area contributed by atoms with Crippen molar-refractivity contribution in [1.82, 2.24) is 15.1 Å². The number of rotatable bonds is 6. The molecule has 0 atom stereocenters. The Labute approximate surface area is 124 Å².